The Balaban J connectivity index is 1.67. The van der Waals surface area contributed by atoms with Crippen molar-refractivity contribution in [3.8, 4) is 17.7 Å². The Labute approximate surface area is 191 Å². The number of carbonyl (C=O) groups is 1. The minimum absolute atomic E-state index is 0.0218. The van der Waals surface area contributed by atoms with Crippen LogP contribution in [0.15, 0.2) is 40.6 Å². The molecule has 0 saturated heterocycles. The first-order chi connectivity index (χ1) is 16.0. The summed E-state index contributed by atoms with van der Waals surface area (Å²) >= 11 is 0. The number of pyridine rings is 1. The number of imidazole rings is 1. The van der Waals surface area contributed by atoms with Crippen LogP contribution < -0.4 is 0 Å². The molecule has 0 radical (unpaired) electrons. The zero-order valence-electron chi connectivity index (χ0n) is 19.0. The standard InChI is InChI=1S/C25H26N6O2/c1-15-6-4-5-7-20(15)31-22-18-10-11-27-23(18)28-14-19(22)29-24(31)21-9-8-17(33-21)12-16(13-26)25(32)30(2)3/h8-12,14-15,20H,4-7H2,1-3H3,(H,27,28). The van der Waals surface area contributed by atoms with Gasteiger partial charge in [0.15, 0.2) is 11.6 Å². The number of fused-ring (bicyclic) bond motifs is 3. The second-order valence-corrected chi connectivity index (χ2v) is 8.94. The molecule has 8 nitrogen and oxygen atoms in total. The molecule has 8 heteroatoms. The number of carbonyl (C=O) groups excluding carboxylic acids is 1. The van der Waals surface area contributed by atoms with Gasteiger partial charge in [-0.25, -0.2) is 9.97 Å². The Morgan fingerprint density at radius 3 is 2.88 bits per heavy atom. The number of nitrogens with zero attached hydrogens (tertiary/aromatic N) is 5. The number of furan rings is 1. The molecule has 33 heavy (non-hydrogen) atoms. The number of likely N-dealkylation sites (N-methyl/N-ethyl adjacent to an activating group) is 1. The average molecular weight is 443 g/mol. The molecule has 2 atom stereocenters. The van der Waals surface area contributed by atoms with Gasteiger partial charge in [-0.15, -0.1) is 0 Å². The molecule has 1 fully saturated rings. The van der Waals surface area contributed by atoms with Gasteiger partial charge in [0, 0.05) is 37.8 Å². The van der Waals surface area contributed by atoms with E-state index in [1.807, 2.05) is 24.4 Å². The fourth-order valence-corrected chi connectivity index (χ4v) is 4.84. The molecule has 1 N–H and O–H groups in total. The van der Waals surface area contributed by atoms with Gasteiger partial charge >= 0.3 is 0 Å². The lowest BCUT2D eigenvalue weighted by molar-refractivity contribution is -0.124. The summed E-state index contributed by atoms with van der Waals surface area (Å²) in [5.41, 5.74) is 2.74. The number of H-pyrrole nitrogens is 1. The minimum Gasteiger partial charge on any atom is -0.453 e. The zero-order valence-corrected chi connectivity index (χ0v) is 19.0. The highest BCUT2D eigenvalue weighted by Gasteiger charge is 2.29. The van der Waals surface area contributed by atoms with Crippen LogP contribution in [0.1, 0.15) is 44.4 Å². The summed E-state index contributed by atoms with van der Waals surface area (Å²) in [7, 11) is 3.23. The van der Waals surface area contributed by atoms with E-state index < -0.39 is 0 Å². The molecular formula is C25H26N6O2. The molecule has 4 aromatic heterocycles. The van der Waals surface area contributed by atoms with E-state index in [0.29, 0.717) is 23.5 Å². The monoisotopic (exact) mass is 442 g/mol. The molecule has 1 aliphatic carbocycles. The van der Waals surface area contributed by atoms with Crippen molar-refractivity contribution in [2.24, 2.45) is 5.92 Å². The van der Waals surface area contributed by atoms with E-state index >= 15 is 0 Å². The molecule has 1 amide bonds. The first-order valence-electron chi connectivity index (χ1n) is 11.3. The number of hydrogen-bond donors (Lipinski definition) is 1. The van der Waals surface area contributed by atoms with E-state index in [0.717, 1.165) is 34.3 Å². The lowest BCUT2D eigenvalue weighted by Crippen LogP contribution is -2.22. The van der Waals surface area contributed by atoms with E-state index in [9.17, 15) is 10.1 Å². The van der Waals surface area contributed by atoms with Gasteiger partial charge in [-0.1, -0.05) is 19.8 Å². The van der Waals surface area contributed by atoms with Crippen molar-refractivity contribution in [3.05, 3.63) is 41.9 Å². The SMILES string of the molecule is CC1CCCCC1n1c(-c2ccc(C=C(C#N)C(=O)N(C)C)o2)nc2cnc3[nH]ccc3c21. The average Bonchev–Trinajstić information content (AvgIpc) is 3.54. The van der Waals surface area contributed by atoms with Crippen LogP contribution in [0.3, 0.4) is 0 Å². The van der Waals surface area contributed by atoms with Crippen LogP contribution in [0.25, 0.3) is 39.7 Å². The van der Waals surface area contributed by atoms with Crippen molar-refractivity contribution in [2.45, 2.75) is 38.6 Å². The second-order valence-electron chi connectivity index (χ2n) is 8.94. The van der Waals surface area contributed by atoms with Crippen LogP contribution in [-0.4, -0.2) is 44.4 Å². The van der Waals surface area contributed by atoms with Crippen molar-refractivity contribution in [1.29, 1.82) is 5.26 Å². The maximum atomic E-state index is 12.2. The van der Waals surface area contributed by atoms with E-state index in [-0.39, 0.29) is 11.5 Å². The third-order valence-corrected chi connectivity index (χ3v) is 6.52. The van der Waals surface area contributed by atoms with Crippen LogP contribution in [0.2, 0.25) is 0 Å². The largest absolute Gasteiger partial charge is 0.453 e. The van der Waals surface area contributed by atoms with Crippen molar-refractivity contribution in [3.63, 3.8) is 0 Å². The van der Waals surface area contributed by atoms with Crippen LogP contribution in [0.5, 0.6) is 0 Å². The summed E-state index contributed by atoms with van der Waals surface area (Å²) in [6.07, 6.45) is 9.86. The molecule has 0 spiro atoms. The molecular weight excluding hydrogens is 416 g/mol. The summed E-state index contributed by atoms with van der Waals surface area (Å²) in [5, 5.41) is 10.5. The lowest BCUT2D eigenvalue weighted by atomic mass is 9.85. The molecule has 2 unspecified atom stereocenters. The maximum Gasteiger partial charge on any atom is 0.264 e. The summed E-state index contributed by atoms with van der Waals surface area (Å²) in [5.74, 6) is 1.94. The summed E-state index contributed by atoms with van der Waals surface area (Å²) in [6.45, 7) is 2.30. The molecule has 1 aliphatic rings. The smallest absolute Gasteiger partial charge is 0.264 e. The van der Waals surface area contributed by atoms with Crippen molar-refractivity contribution in [2.75, 3.05) is 14.1 Å². The third-order valence-electron chi connectivity index (χ3n) is 6.52. The fourth-order valence-electron chi connectivity index (χ4n) is 4.84. The Morgan fingerprint density at radius 1 is 1.30 bits per heavy atom. The summed E-state index contributed by atoms with van der Waals surface area (Å²) in [4.78, 5) is 26.3. The zero-order chi connectivity index (χ0) is 23.1. The van der Waals surface area contributed by atoms with E-state index in [1.165, 1.54) is 30.2 Å². The normalized spacial score (nSPS) is 19.2. The Bertz CT molecular complexity index is 1410. The molecule has 4 heterocycles. The minimum atomic E-state index is -0.361. The summed E-state index contributed by atoms with van der Waals surface area (Å²) in [6, 6.07) is 7.94. The van der Waals surface area contributed by atoms with Gasteiger partial charge < -0.3 is 18.9 Å². The number of aromatic amines is 1. The topological polar surface area (TPSA) is 104 Å². The molecule has 5 rings (SSSR count). The second kappa shape index (κ2) is 8.24. The number of hydrogen-bond acceptors (Lipinski definition) is 5. The third kappa shape index (κ3) is 3.59. The first-order valence-corrected chi connectivity index (χ1v) is 11.3. The van der Waals surface area contributed by atoms with Crippen LogP contribution in [0.4, 0.5) is 0 Å². The van der Waals surface area contributed by atoms with Crippen molar-refractivity contribution < 1.29 is 9.21 Å². The van der Waals surface area contributed by atoms with E-state index in [1.54, 1.807) is 26.4 Å². The first kappa shape index (κ1) is 21.0. The van der Waals surface area contributed by atoms with Gasteiger partial charge in [-0.3, -0.25) is 4.79 Å². The number of rotatable bonds is 4. The van der Waals surface area contributed by atoms with Gasteiger partial charge in [0.2, 0.25) is 0 Å². The predicted molar refractivity (Wildman–Crippen MR) is 126 cm³/mol. The summed E-state index contributed by atoms with van der Waals surface area (Å²) < 4.78 is 8.43. The Kier molecular flexibility index (Phi) is 5.25. The lowest BCUT2D eigenvalue weighted by Gasteiger charge is -2.31. The predicted octanol–water partition coefficient (Wildman–Crippen LogP) is 4.92. The number of nitrogens with one attached hydrogen (secondary N) is 1. The van der Waals surface area contributed by atoms with Crippen molar-refractivity contribution >= 4 is 34.1 Å². The van der Waals surface area contributed by atoms with Gasteiger partial charge in [0.1, 0.15) is 28.6 Å². The molecule has 168 valence electrons. The van der Waals surface area contributed by atoms with E-state index in [4.69, 9.17) is 9.40 Å². The van der Waals surface area contributed by atoms with Gasteiger partial charge in [0.05, 0.1) is 11.7 Å². The quantitative estimate of drug-likeness (QED) is 0.357. The molecule has 0 bridgehead atoms. The van der Waals surface area contributed by atoms with Crippen LogP contribution in [-0.2, 0) is 4.79 Å². The Hall–Kier alpha value is -3.86. The van der Waals surface area contributed by atoms with Crippen LogP contribution >= 0.6 is 0 Å². The number of aromatic nitrogens is 4. The van der Waals surface area contributed by atoms with Gasteiger partial charge in [-0.05, 0) is 37.0 Å². The fraction of sp³-hybridized carbons (Fsp3) is 0.360. The van der Waals surface area contributed by atoms with E-state index in [2.05, 4.69) is 21.5 Å². The highest BCUT2D eigenvalue weighted by Crippen LogP contribution is 2.41. The maximum absolute atomic E-state index is 12.2. The molecule has 4 aromatic rings. The van der Waals surface area contributed by atoms with Gasteiger partial charge in [0.25, 0.3) is 5.91 Å². The van der Waals surface area contributed by atoms with Crippen molar-refractivity contribution in [1.82, 2.24) is 24.4 Å². The molecule has 1 saturated carbocycles. The number of amides is 1. The highest BCUT2D eigenvalue weighted by atomic mass is 16.3. The highest BCUT2D eigenvalue weighted by molar-refractivity contribution is 6.02. The van der Waals surface area contributed by atoms with Gasteiger partial charge in [-0.2, -0.15) is 5.26 Å². The molecule has 0 aliphatic heterocycles. The Morgan fingerprint density at radius 2 is 2.12 bits per heavy atom. The van der Waals surface area contributed by atoms with Crippen LogP contribution in [0, 0.1) is 17.2 Å². The molecule has 0 aromatic carbocycles. The number of nitriles is 1.